The Hall–Kier alpha value is -2.24. The van der Waals surface area contributed by atoms with Gasteiger partial charge in [0.15, 0.2) is 0 Å². The molecule has 0 fully saturated rings. The van der Waals surface area contributed by atoms with Crippen molar-refractivity contribution in [2.24, 2.45) is 0 Å². The number of likely N-dealkylation sites (N-methyl/N-ethyl adjacent to an activating group) is 1. The summed E-state index contributed by atoms with van der Waals surface area (Å²) in [6, 6.07) is 7.25. The number of hydrogen-bond donors (Lipinski definition) is 1. The molecule has 1 amide bonds. The fraction of sp³-hybridized carbons (Fsp3) is 0.500. The molecule has 6 heteroatoms. The van der Waals surface area contributed by atoms with Gasteiger partial charge in [-0.15, -0.1) is 0 Å². The summed E-state index contributed by atoms with van der Waals surface area (Å²) >= 11 is 0. The van der Waals surface area contributed by atoms with Crippen LogP contribution in [-0.4, -0.2) is 49.2 Å². The van der Waals surface area contributed by atoms with Gasteiger partial charge in [-0.05, 0) is 37.1 Å². The van der Waals surface area contributed by atoms with E-state index < -0.39 is 5.97 Å². The molecular weight excluding hydrogens is 286 g/mol. The van der Waals surface area contributed by atoms with Crippen molar-refractivity contribution in [3.05, 3.63) is 24.3 Å². The average Bonchev–Trinajstić information content (AvgIpc) is 2.51. The van der Waals surface area contributed by atoms with E-state index >= 15 is 0 Å². The van der Waals surface area contributed by atoms with E-state index in [4.69, 9.17) is 14.6 Å². The first-order valence-electron chi connectivity index (χ1n) is 7.25. The van der Waals surface area contributed by atoms with Gasteiger partial charge in [-0.25, -0.2) is 0 Å². The van der Waals surface area contributed by atoms with Crippen LogP contribution >= 0.6 is 0 Å². The number of benzene rings is 1. The van der Waals surface area contributed by atoms with Crippen LogP contribution in [0.5, 0.6) is 11.5 Å². The summed E-state index contributed by atoms with van der Waals surface area (Å²) in [7, 11) is 3.32. The van der Waals surface area contributed by atoms with Gasteiger partial charge < -0.3 is 19.5 Å². The van der Waals surface area contributed by atoms with Crippen molar-refractivity contribution in [3.8, 4) is 11.5 Å². The first kappa shape index (κ1) is 17.8. The summed E-state index contributed by atoms with van der Waals surface area (Å²) in [5.74, 6) is 0.668. The summed E-state index contributed by atoms with van der Waals surface area (Å²) in [6.07, 6.45) is 1.59. The zero-order valence-electron chi connectivity index (χ0n) is 13.1. The smallest absolute Gasteiger partial charge is 0.303 e. The Morgan fingerprint density at radius 2 is 1.68 bits per heavy atom. The molecule has 0 saturated carbocycles. The Bertz CT molecular complexity index is 472. The van der Waals surface area contributed by atoms with Crippen molar-refractivity contribution >= 4 is 11.9 Å². The van der Waals surface area contributed by atoms with E-state index in [1.165, 1.54) is 0 Å². The van der Waals surface area contributed by atoms with Crippen molar-refractivity contribution in [2.75, 3.05) is 27.3 Å². The van der Waals surface area contributed by atoms with Gasteiger partial charge in [0.1, 0.15) is 18.1 Å². The minimum Gasteiger partial charge on any atom is -0.497 e. The third-order valence-corrected chi connectivity index (χ3v) is 3.21. The topological polar surface area (TPSA) is 76.1 Å². The SMILES string of the molecule is COc1ccc(OCCN(C)C(=O)CCCCC(=O)O)cc1. The number of ether oxygens (including phenoxy) is 2. The van der Waals surface area contributed by atoms with Crippen molar-refractivity contribution in [3.63, 3.8) is 0 Å². The number of unbranched alkanes of at least 4 members (excludes halogenated alkanes) is 1. The minimum atomic E-state index is -0.825. The highest BCUT2D eigenvalue weighted by atomic mass is 16.5. The molecule has 0 atom stereocenters. The number of methoxy groups -OCH3 is 1. The number of rotatable bonds is 10. The highest BCUT2D eigenvalue weighted by Gasteiger charge is 2.09. The first-order chi connectivity index (χ1) is 10.5. The number of nitrogens with zero attached hydrogens (tertiary/aromatic N) is 1. The summed E-state index contributed by atoms with van der Waals surface area (Å²) < 4.78 is 10.6. The van der Waals surface area contributed by atoms with E-state index in [2.05, 4.69) is 0 Å². The van der Waals surface area contributed by atoms with E-state index in [1.54, 1.807) is 19.1 Å². The number of amides is 1. The lowest BCUT2D eigenvalue weighted by Crippen LogP contribution is -2.30. The predicted molar refractivity (Wildman–Crippen MR) is 82.2 cm³/mol. The summed E-state index contributed by atoms with van der Waals surface area (Å²) in [5.41, 5.74) is 0. The Kier molecular flexibility index (Phi) is 7.81. The lowest BCUT2D eigenvalue weighted by molar-refractivity contribution is -0.137. The Labute approximate surface area is 130 Å². The Morgan fingerprint density at radius 1 is 1.09 bits per heavy atom. The first-order valence-corrected chi connectivity index (χ1v) is 7.25. The molecule has 0 radical (unpaired) electrons. The largest absolute Gasteiger partial charge is 0.497 e. The third-order valence-electron chi connectivity index (χ3n) is 3.21. The van der Waals surface area contributed by atoms with Crippen LogP contribution in [0, 0.1) is 0 Å². The minimum absolute atomic E-state index is 0.00344. The maximum Gasteiger partial charge on any atom is 0.303 e. The number of carbonyl (C=O) groups excluding carboxylic acids is 1. The molecule has 6 nitrogen and oxygen atoms in total. The number of carbonyl (C=O) groups is 2. The lowest BCUT2D eigenvalue weighted by Gasteiger charge is -2.17. The van der Waals surface area contributed by atoms with E-state index in [0.29, 0.717) is 32.4 Å². The van der Waals surface area contributed by atoms with Gasteiger partial charge in [0.05, 0.1) is 13.7 Å². The molecule has 122 valence electrons. The normalized spacial score (nSPS) is 10.1. The van der Waals surface area contributed by atoms with Gasteiger partial charge in [0.2, 0.25) is 5.91 Å². The van der Waals surface area contributed by atoms with Crippen LogP contribution in [0.3, 0.4) is 0 Å². The molecule has 1 N–H and O–H groups in total. The molecule has 22 heavy (non-hydrogen) atoms. The molecule has 1 aromatic carbocycles. The average molecular weight is 309 g/mol. The molecule has 0 unspecified atom stereocenters. The number of aliphatic carboxylic acids is 1. The van der Waals surface area contributed by atoms with E-state index in [0.717, 1.165) is 11.5 Å². The van der Waals surface area contributed by atoms with Gasteiger partial charge in [0.25, 0.3) is 0 Å². The molecule has 0 spiro atoms. The molecule has 1 aromatic rings. The monoisotopic (exact) mass is 309 g/mol. The molecule has 1 rings (SSSR count). The molecule has 0 saturated heterocycles. The van der Waals surface area contributed by atoms with Gasteiger partial charge in [-0.1, -0.05) is 0 Å². The quantitative estimate of drug-likeness (QED) is 0.670. The van der Waals surface area contributed by atoms with Gasteiger partial charge in [-0.2, -0.15) is 0 Å². The fourth-order valence-electron chi connectivity index (χ4n) is 1.84. The zero-order chi connectivity index (χ0) is 16.4. The summed E-state index contributed by atoms with van der Waals surface area (Å²) in [6.45, 7) is 0.896. The number of carboxylic acids is 1. The number of carboxylic acid groups (broad SMARTS) is 1. The third kappa shape index (κ3) is 6.97. The van der Waals surface area contributed by atoms with Gasteiger partial charge in [-0.3, -0.25) is 9.59 Å². The van der Waals surface area contributed by atoms with Crippen LogP contribution in [0.15, 0.2) is 24.3 Å². The molecular formula is C16H23NO5. The second-order valence-corrected chi connectivity index (χ2v) is 4.94. The summed E-state index contributed by atoms with van der Waals surface area (Å²) in [4.78, 5) is 23.8. The predicted octanol–water partition coefficient (Wildman–Crippen LogP) is 2.18. The zero-order valence-corrected chi connectivity index (χ0v) is 13.1. The van der Waals surface area contributed by atoms with E-state index in [9.17, 15) is 9.59 Å². The number of hydrogen-bond acceptors (Lipinski definition) is 4. The van der Waals surface area contributed by atoms with Crippen molar-refractivity contribution in [1.29, 1.82) is 0 Å². The standard InChI is InChI=1S/C16H23NO5/c1-17(15(18)5-3-4-6-16(19)20)11-12-22-14-9-7-13(21-2)8-10-14/h7-10H,3-6,11-12H2,1-2H3,(H,19,20). The van der Waals surface area contributed by atoms with Crippen molar-refractivity contribution < 1.29 is 24.2 Å². The molecule has 0 aromatic heterocycles. The lowest BCUT2D eigenvalue weighted by atomic mass is 10.2. The van der Waals surface area contributed by atoms with Crippen LogP contribution in [0.1, 0.15) is 25.7 Å². The van der Waals surface area contributed by atoms with Gasteiger partial charge in [0, 0.05) is 19.9 Å². The van der Waals surface area contributed by atoms with Crippen LogP contribution < -0.4 is 9.47 Å². The van der Waals surface area contributed by atoms with Crippen LogP contribution in [-0.2, 0) is 9.59 Å². The van der Waals surface area contributed by atoms with E-state index in [1.807, 2.05) is 24.3 Å². The highest BCUT2D eigenvalue weighted by Crippen LogP contribution is 2.16. The second kappa shape index (κ2) is 9.65. The second-order valence-electron chi connectivity index (χ2n) is 4.94. The molecule has 0 heterocycles. The molecule has 0 aliphatic heterocycles. The van der Waals surface area contributed by atoms with Crippen LogP contribution in [0.25, 0.3) is 0 Å². The molecule has 0 aliphatic carbocycles. The molecule has 0 aliphatic rings. The maximum atomic E-state index is 11.8. The van der Waals surface area contributed by atoms with Gasteiger partial charge >= 0.3 is 5.97 Å². The van der Waals surface area contributed by atoms with Crippen molar-refractivity contribution in [1.82, 2.24) is 4.90 Å². The van der Waals surface area contributed by atoms with Crippen molar-refractivity contribution in [2.45, 2.75) is 25.7 Å². The summed E-state index contributed by atoms with van der Waals surface area (Å²) in [5, 5.41) is 8.53. The highest BCUT2D eigenvalue weighted by molar-refractivity contribution is 5.75. The molecule has 0 bridgehead atoms. The fourth-order valence-corrected chi connectivity index (χ4v) is 1.84. The van der Waals surface area contributed by atoms with Crippen LogP contribution in [0.4, 0.5) is 0 Å². The Balaban J connectivity index is 2.19. The Morgan fingerprint density at radius 3 is 2.27 bits per heavy atom. The van der Waals surface area contributed by atoms with E-state index in [-0.39, 0.29) is 12.3 Å². The maximum absolute atomic E-state index is 11.8. The van der Waals surface area contributed by atoms with Crippen LogP contribution in [0.2, 0.25) is 0 Å².